The quantitative estimate of drug-likeness (QED) is 0.769. The first kappa shape index (κ1) is 15.0. The lowest BCUT2D eigenvalue weighted by molar-refractivity contribution is 0.0943. The van der Waals surface area contributed by atoms with Crippen LogP contribution in [-0.4, -0.2) is 49.6 Å². The Morgan fingerprint density at radius 2 is 2.29 bits per heavy atom. The lowest BCUT2D eigenvalue weighted by Crippen LogP contribution is -2.37. The molecule has 1 N–H and O–H groups in total. The van der Waals surface area contributed by atoms with Gasteiger partial charge in [0.15, 0.2) is 5.82 Å². The number of aromatic nitrogens is 5. The van der Waals surface area contributed by atoms with Gasteiger partial charge in [0.1, 0.15) is 11.2 Å². The molecular formula is C15H17N7OS. The average molecular weight is 343 g/mol. The van der Waals surface area contributed by atoms with Gasteiger partial charge in [0, 0.05) is 31.5 Å². The summed E-state index contributed by atoms with van der Waals surface area (Å²) in [6.45, 7) is 5.32. The first-order valence-electron chi connectivity index (χ1n) is 7.76. The van der Waals surface area contributed by atoms with E-state index in [0.29, 0.717) is 11.4 Å². The van der Waals surface area contributed by atoms with Gasteiger partial charge in [0.05, 0.1) is 10.7 Å². The molecule has 1 unspecified atom stereocenters. The van der Waals surface area contributed by atoms with Crippen LogP contribution in [-0.2, 0) is 0 Å². The molecule has 24 heavy (non-hydrogen) atoms. The van der Waals surface area contributed by atoms with Crippen molar-refractivity contribution in [3.63, 3.8) is 0 Å². The molecule has 0 aliphatic carbocycles. The van der Waals surface area contributed by atoms with Crippen LogP contribution in [0.1, 0.15) is 26.8 Å². The predicted molar refractivity (Wildman–Crippen MR) is 90.5 cm³/mol. The molecule has 0 bridgehead atoms. The number of nitrogens with zero attached hydrogens (tertiary/aromatic N) is 6. The predicted octanol–water partition coefficient (Wildman–Crippen LogP) is 1.21. The second-order valence-corrected chi connectivity index (χ2v) is 7.07. The standard InChI is InChI=1S/C15H17N7OS/c1-9-12(24-10(2)18-9)15(23)19-11-3-5-21(7-11)13-14-20-17-8-22(14)6-4-16-13/h4,6,8,11H,3,5,7H2,1-2H3,(H,19,23). The van der Waals surface area contributed by atoms with Crippen LogP contribution in [0, 0.1) is 13.8 Å². The zero-order valence-corrected chi connectivity index (χ0v) is 14.2. The Morgan fingerprint density at radius 3 is 3.08 bits per heavy atom. The molecule has 4 rings (SSSR count). The minimum atomic E-state index is -0.0430. The van der Waals surface area contributed by atoms with Crippen LogP contribution in [0.5, 0.6) is 0 Å². The van der Waals surface area contributed by atoms with Crippen molar-refractivity contribution in [2.45, 2.75) is 26.3 Å². The van der Waals surface area contributed by atoms with E-state index in [4.69, 9.17) is 0 Å². The molecular weight excluding hydrogens is 326 g/mol. The van der Waals surface area contributed by atoms with Crippen LogP contribution >= 0.6 is 11.3 Å². The van der Waals surface area contributed by atoms with Crippen molar-refractivity contribution in [1.82, 2.24) is 29.9 Å². The minimum Gasteiger partial charge on any atom is -0.351 e. The zero-order valence-electron chi connectivity index (χ0n) is 13.4. The van der Waals surface area contributed by atoms with E-state index < -0.39 is 0 Å². The highest BCUT2D eigenvalue weighted by atomic mass is 32.1. The number of amides is 1. The maximum absolute atomic E-state index is 12.4. The molecule has 0 saturated carbocycles. The van der Waals surface area contributed by atoms with Crippen molar-refractivity contribution in [2.75, 3.05) is 18.0 Å². The molecule has 1 amide bonds. The molecule has 1 fully saturated rings. The second kappa shape index (κ2) is 5.82. The highest BCUT2D eigenvalue weighted by Gasteiger charge is 2.27. The summed E-state index contributed by atoms with van der Waals surface area (Å²) in [4.78, 5) is 24.0. The third-order valence-electron chi connectivity index (χ3n) is 4.13. The van der Waals surface area contributed by atoms with E-state index in [1.165, 1.54) is 11.3 Å². The topological polar surface area (TPSA) is 88.3 Å². The van der Waals surface area contributed by atoms with Gasteiger partial charge in [0.25, 0.3) is 5.91 Å². The molecule has 3 aromatic heterocycles. The molecule has 1 aliphatic rings. The number of rotatable bonds is 3. The molecule has 1 aliphatic heterocycles. The van der Waals surface area contributed by atoms with E-state index in [-0.39, 0.29) is 11.9 Å². The Hall–Kier alpha value is -2.55. The van der Waals surface area contributed by atoms with Crippen LogP contribution in [0.3, 0.4) is 0 Å². The number of hydrogen-bond donors (Lipinski definition) is 1. The lowest BCUT2D eigenvalue weighted by Gasteiger charge is -2.18. The van der Waals surface area contributed by atoms with Gasteiger partial charge >= 0.3 is 0 Å². The summed E-state index contributed by atoms with van der Waals surface area (Å²) in [5.74, 6) is 0.759. The molecule has 0 aromatic carbocycles. The third-order valence-corrected chi connectivity index (χ3v) is 5.20. The van der Waals surface area contributed by atoms with Crippen LogP contribution < -0.4 is 10.2 Å². The van der Waals surface area contributed by atoms with Gasteiger partial charge in [-0.1, -0.05) is 0 Å². The molecule has 9 heteroatoms. The number of carbonyl (C=O) groups is 1. The van der Waals surface area contributed by atoms with Crippen LogP contribution in [0.25, 0.3) is 5.65 Å². The summed E-state index contributed by atoms with van der Waals surface area (Å²) in [6.07, 6.45) is 6.09. The Balaban J connectivity index is 1.48. The molecule has 1 atom stereocenters. The Kier molecular flexibility index (Phi) is 3.64. The molecule has 124 valence electrons. The van der Waals surface area contributed by atoms with Gasteiger partial charge in [-0.05, 0) is 20.3 Å². The Morgan fingerprint density at radius 1 is 1.42 bits per heavy atom. The van der Waals surface area contributed by atoms with Crippen molar-refractivity contribution < 1.29 is 4.79 Å². The van der Waals surface area contributed by atoms with Gasteiger partial charge in [-0.15, -0.1) is 21.5 Å². The van der Waals surface area contributed by atoms with Gasteiger partial charge < -0.3 is 10.2 Å². The van der Waals surface area contributed by atoms with Crippen LogP contribution in [0.4, 0.5) is 5.82 Å². The first-order chi connectivity index (χ1) is 11.6. The number of aryl methyl sites for hydroxylation is 2. The summed E-state index contributed by atoms with van der Waals surface area (Å²) >= 11 is 1.44. The lowest BCUT2D eigenvalue weighted by atomic mass is 10.2. The number of fused-ring (bicyclic) bond motifs is 1. The number of anilines is 1. The highest BCUT2D eigenvalue weighted by molar-refractivity contribution is 7.13. The third kappa shape index (κ3) is 2.60. The minimum absolute atomic E-state index is 0.0430. The van der Waals surface area contributed by atoms with Gasteiger partial charge in [-0.3, -0.25) is 9.20 Å². The molecule has 1 saturated heterocycles. The molecule has 3 aromatic rings. The highest BCUT2D eigenvalue weighted by Crippen LogP contribution is 2.22. The van der Waals surface area contributed by atoms with Crippen molar-refractivity contribution in [3.05, 3.63) is 34.3 Å². The maximum Gasteiger partial charge on any atom is 0.263 e. The fourth-order valence-electron chi connectivity index (χ4n) is 3.03. The zero-order chi connectivity index (χ0) is 16.7. The average Bonchev–Trinajstić information content (AvgIpc) is 3.26. The SMILES string of the molecule is Cc1nc(C)c(C(=O)NC2CCN(c3nccn4cnnc34)C2)s1. The van der Waals surface area contributed by atoms with E-state index in [1.54, 1.807) is 12.5 Å². The summed E-state index contributed by atoms with van der Waals surface area (Å²) in [5.41, 5.74) is 1.53. The van der Waals surface area contributed by atoms with Crippen molar-refractivity contribution in [1.29, 1.82) is 0 Å². The Labute approximate surface area is 142 Å². The second-order valence-electron chi connectivity index (χ2n) is 5.87. The van der Waals surface area contributed by atoms with E-state index >= 15 is 0 Å². The number of carbonyl (C=O) groups excluding carboxylic acids is 1. The summed E-state index contributed by atoms with van der Waals surface area (Å²) in [6, 6.07) is 0.0873. The van der Waals surface area contributed by atoms with Crippen molar-refractivity contribution in [2.24, 2.45) is 0 Å². The monoisotopic (exact) mass is 343 g/mol. The van der Waals surface area contributed by atoms with E-state index in [9.17, 15) is 4.79 Å². The Bertz CT molecular complexity index is 902. The largest absolute Gasteiger partial charge is 0.351 e. The first-order valence-corrected chi connectivity index (χ1v) is 8.57. The normalized spacial score (nSPS) is 17.6. The fourth-order valence-corrected chi connectivity index (χ4v) is 3.85. The van der Waals surface area contributed by atoms with Gasteiger partial charge in [0.2, 0.25) is 5.65 Å². The van der Waals surface area contributed by atoms with Gasteiger partial charge in [-0.2, -0.15) is 0 Å². The fraction of sp³-hybridized carbons (Fsp3) is 0.400. The number of hydrogen-bond acceptors (Lipinski definition) is 7. The summed E-state index contributed by atoms with van der Waals surface area (Å²) in [5, 5.41) is 12.1. The summed E-state index contributed by atoms with van der Waals surface area (Å²) < 4.78 is 1.84. The van der Waals surface area contributed by atoms with Crippen LogP contribution in [0.2, 0.25) is 0 Å². The van der Waals surface area contributed by atoms with Gasteiger partial charge in [-0.25, -0.2) is 9.97 Å². The molecule has 0 radical (unpaired) electrons. The van der Waals surface area contributed by atoms with Crippen molar-refractivity contribution >= 4 is 28.7 Å². The molecule has 0 spiro atoms. The maximum atomic E-state index is 12.4. The number of nitrogens with one attached hydrogen (secondary N) is 1. The van der Waals surface area contributed by atoms with E-state index in [2.05, 4.69) is 30.4 Å². The molecule has 8 nitrogen and oxygen atoms in total. The van der Waals surface area contributed by atoms with E-state index in [1.807, 2.05) is 24.4 Å². The van der Waals surface area contributed by atoms with E-state index in [0.717, 1.165) is 35.1 Å². The molecule has 4 heterocycles. The summed E-state index contributed by atoms with van der Waals surface area (Å²) in [7, 11) is 0. The van der Waals surface area contributed by atoms with Crippen LogP contribution in [0.15, 0.2) is 18.7 Å². The number of thiazole rings is 1. The smallest absolute Gasteiger partial charge is 0.263 e. The van der Waals surface area contributed by atoms with Crippen molar-refractivity contribution in [3.8, 4) is 0 Å².